The topological polar surface area (TPSA) is 106 Å². The summed E-state index contributed by atoms with van der Waals surface area (Å²) in [5.74, 6) is 0. The highest BCUT2D eigenvalue weighted by Crippen LogP contribution is 2.49. The van der Waals surface area contributed by atoms with E-state index in [9.17, 15) is 0 Å². The second-order valence-electron chi connectivity index (χ2n) is 14.2. The Kier molecular flexibility index (Phi) is 10.8. The van der Waals surface area contributed by atoms with E-state index in [0.717, 1.165) is 97.9 Å². The Balaban J connectivity index is 0.938. The third kappa shape index (κ3) is 7.92. The van der Waals surface area contributed by atoms with Gasteiger partial charge in [0, 0.05) is 12.8 Å². The van der Waals surface area contributed by atoms with Gasteiger partial charge >= 0.3 is 0 Å². The maximum Gasteiger partial charge on any atom is 0.209 e. The summed E-state index contributed by atoms with van der Waals surface area (Å²) in [5.41, 5.74) is 7.56. The molecule has 2 aliphatic rings. The summed E-state index contributed by atoms with van der Waals surface area (Å²) in [6.45, 7) is 0. The molecule has 0 N–H and O–H groups in total. The van der Waals surface area contributed by atoms with E-state index < -0.39 is 0 Å². The first-order valence-electron chi connectivity index (χ1n) is 19.6. The van der Waals surface area contributed by atoms with Gasteiger partial charge in [0.25, 0.3) is 0 Å². The van der Waals surface area contributed by atoms with Crippen LogP contribution in [0.25, 0.3) is 21.1 Å². The zero-order chi connectivity index (χ0) is 41.2. The molecule has 11 rings (SSSR count). The second-order valence-corrected chi connectivity index (χ2v) is 19.9. The zero-order valence-electron chi connectivity index (χ0n) is 32.5. The van der Waals surface area contributed by atoms with Crippen LogP contribution in [0.2, 0.25) is 0 Å². The quantitative estimate of drug-likeness (QED) is 0.114. The maximum absolute atomic E-state index is 5.26. The van der Waals surface area contributed by atoms with Crippen LogP contribution in [0.3, 0.4) is 0 Å². The van der Waals surface area contributed by atoms with Crippen molar-refractivity contribution in [3.05, 3.63) is 176 Å². The Morgan fingerprint density at radius 3 is 1.18 bits per heavy atom. The summed E-state index contributed by atoms with van der Waals surface area (Å²) in [7, 11) is 0. The van der Waals surface area contributed by atoms with Gasteiger partial charge in [-0.15, -0.1) is 65.8 Å². The van der Waals surface area contributed by atoms with Crippen molar-refractivity contribution in [2.45, 2.75) is 24.9 Å². The van der Waals surface area contributed by atoms with Crippen LogP contribution in [0, 0.1) is 0 Å². The Bertz CT molecular complexity index is 2820. The summed E-state index contributed by atoms with van der Waals surface area (Å²) >= 11 is 9.72. The molecule has 62 heavy (non-hydrogen) atoms. The molecule has 16 heteroatoms. The lowest BCUT2D eigenvalue weighted by atomic mass is 9.96. The summed E-state index contributed by atoms with van der Waals surface area (Å²) in [6.07, 6.45) is 1.47. The number of hydrogen-bond acceptors (Lipinski definition) is 16. The first-order chi connectivity index (χ1) is 30.7. The molecule has 0 spiro atoms. The van der Waals surface area contributed by atoms with E-state index in [0.29, 0.717) is 0 Å². The van der Waals surface area contributed by atoms with Gasteiger partial charge in [0.1, 0.15) is 11.4 Å². The molecule has 0 saturated carbocycles. The first kappa shape index (κ1) is 38.8. The lowest BCUT2D eigenvalue weighted by molar-refractivity contribution is 0.694. The number of anilines is 2. The largest absolute Gasteiger partial charge is 0.231 e. The molecule has 3 aromatic carbocycles. The second kappa shape index (κ2) is 17.3. The third-order valence-corrected chi connectivity index (χ3v) is 15.7. The monoisotopic (exact) mass is 916 g/mol. The Hall–Kier alpha value is -6.14. The van der Waals surface area contributed by atoms with Gasteiger partial charge in [-0.1, -0.05) is 108 Å². The van der Waals surface area contributed by atoms with E-state index in [4.69, 9.17) is 30.4 Å². The number of aromatic nitrogens is 2. The Morgan fingerprint density at radius 1 is 0.419 bits per heavy atom. The average Bonchev–Trinajstić information content (AvgIpc) is 4.17. The predicted octanol–water partition coefficient (Wildman–Crippen LogP) is 15.7. The zero-order valence-corrected chi connectivity index (χ0v) is 37.4. The summed E-state index contributed by atoms with van der Waals surface area (Å²) in [6, 6.07) is 45.1. The van der Waals surface area contributed by atoms with E-state index in [1.165, 1.54) is 22.7 Å². The highest BCUT2D eigenvalue weighted by molar-refractivity contribution is 7.21. The normalized spacial score (nSPS) is 16.6. The van der Waals surface area contributed by atoms with Crippen LogP contribution >= 0.6 is 68.0 Å². The van der Waals surface area contributed by atoms with Crippen LogP contribution in [0.5, 0.6) is 0 Å². The molecule has 0 amide bonds. The van der Waals surface area contributed by atoms with Crippen molar-refractivity contribution in [2.24, 2.45) is 30.7 Å². The van der Waals surface area contributed by atoms with Gasteiger partial charge in [-0.2, -0.15) is 10.2 Å². The number of azo groups is 2. The lowest BCUT2D eigenvalue weighted by Gasteiger charge is -2.24. The van der Waals surface area contributed by atoms with E-state index >= 15 is 0 Å². The average molecular weight is 917 g/mol. The van der Waals surface area contributed by atoms with Gasteiger partial charge in [-0.3, -0.25) is 0 Å². The van der Waals surface area contributed by atoms with Crippen LogP contribution in [0.4, 0.5) is 31.6 Å². The molecule has 2 atom stereocenters. The fourth-order valence-electron chi connectivity index (χ4n) is 7.29. The van der Waals surface area contributed by atoms with Gasteiger partial charge < -0.3 is 0 Å². The molecule has 8 heterocycles. The number of thiophene rings is 4. The summed E-state index contributed by atoms with van der Waals surface area (Å²) in [5, 5.41) is 44.7. The van der Waals surface area contributed by atoms with Crippen LogP contribution in [0.15, 0.2) is 186 Å². The van der Waals surface area contributed by atoms with E-state index in [1.807, 2.05) is 72.8 Å². The van der Waals surface area contributed by atoms with E-state index in [1.54, 1.807) is 45.3 Å². The van der Waals surface area contributed by atoms with Gasteiger partial charge in [-0.25, -0.2) is 20.0 Å². The van der Waals surface area contributed by atoms with Crippen molar-refractivity contribution in [1.82, 2.24) is 9.97 Å². The molecule has 0 radical (unpaired) electrons. The fraction of sp³-hybridized carbons (Fsp3) is 0.0870. The molecular formula is C46H32N10S6. The number of hydrogen-bond donors (Lipinski definition) is 0. The molecule has 10 nitrogen and oxygen atoms in total. The minimum Gasteiger partial charge on any atom is -0.231 e. The van der Waals surface area contributed by atoms with Gasteiger partial charge in [0.2, 0.25) is 10.3 Å². The molecule has 0 saturated heterocycles. The first-order valence-corrected chi connectivity index (χ1v) is 24.8. The van der Waals surface area contributed by atoms with Gasteiger partial charge in [0.05, 0.1) is 54.4 Å². The number of hydrazone groups is 2. The van der Waals surface area contributed by atoms with Crippen molar-refractivity contribution in [2.75, 3.05) is 10.0 Å². The minimum atomic E-state index is -0.0788. The van der Waals surface area contributed by atoms with Crippen molar-refractivity contribution in [3.63, 3.8) is 0 Å². The molecule has 0 bridgehead atoms. The summed E-state index contributed by atoms with van der Waals surface area (Å²) in [4.78, 5) is 14.8. The minimum absolute atomic E-state index is 0.0788. The third-order valence-electron chi connectivity index (χ3n) is 10.3. The predicted molar refractivity (Wildman–Crippen MR) is 260 cm³/mol. The molecule has 302 valence electrons. The molecule has 2 unspecified atom stereocenters. The molecular weight excluding hydrogens is 885 g/mol. The highest BCUT2D eigenvalue weighted by atomic mass is 32.1. The van der Waals surface area contributed by atoms with E-state index in [2.05, 4.69) is 102 Å². The summed E-state index contributed by atoms with van der Waals surface area (Å²) < 4.78 is 0. The van der Waals surface area contributed by atoms with Crippen molar-refractivity contribution in [3.8, 4) is 21.1 Å². The van der Waals surface area contributed by atoms with Crippen LogP contribution in [0.1, 0.15) is 45.8 Å². The number of rotatable bonds is 12. The SMILES string of the molecule is c1ccc(N=Nc2sc(N3N=C(c4cccs4)CC3c3ccc(C4CC(c5cccs5)=NN4c4nc(-c5cccs5)c(N=Nc5ccccc5)s4)cc3)nc2-c2cccs2)cc1. The van der Waals surface area contributed by atoms with Crippen molar-refractivity contribution < 1.29 is 0 Å². The van der Waals surface area contributed by atoms with Gasteiger partial charge in [-0.05, 0) is 81.2 Å². The standard InChI is InChI=1S/C46H32N10S6/c1-3-11-31(12-4-1)49-51-43-41(39-17-9-25-59-39)47-45(61-43)55-35(27-33(53-55)37-15-7-23-57-37)29-19-21-30(22-20-29)36-28-34(38-16-8-24-58-38)54-56(36)46-48-42(40-18-10-26-60-40)44(62-46)52-50-32-13-5-2-6-14-32/h1-26,35-36H,27-28H2. The lowest BCUT2D eigenvalue weighted by Crippen LogP contribution is -2.20. The van der Waals surface area contributed by atoms with Crippen LogP contribution in [-0.4, -0.2) is 21.4 Å². The van der Waals surface area contributed by atoms with Crippen LogP contribution < -0.4 is 10.0 Å². The highest BCUT2D eigenvalue weighted by Gasteiger charge is 2.36. The molecule has 9 aromatic rings. The molecule has 6 aromatic heterocycles. The van der Waals surface area contributed by atoms with Crippen molar-refractivity contribution >= 4 is 111 Å². The molecule has 0 aliphatic carbocycles. The van der Waals surface area contributed by atoms with Crippen LogP contribution in [-0.2, 0) is 0 Å². The number of benzene rings is 3. The van der Waals surface area contributed by atoms with Gasteiger partial charge in [0.15, 0.2) is 10.0 Å². The fourth-order valence-corrected chi connectivity index (χ4v) is 12.1. The smallest absolute Gasteiger partial charge is 0.209 e. The number of nitrogens with zero attached hydrogens (tertiary/aromatic N) is 10. The Morgan fingerprint density at radius 2 is 0.806 bits per heavy atom. The molecule has 0 fully saturated rings. The Labute approximate surface area is 380 Å². The molecule has 2 aliphatic heterocycles. The number of thiazole rings is 2. The maximum atomic E-state index is 5.26. The van der Waals surface area contributed by atoms with Crippen molar-refractivity contribution in [1.29, 1.82) is 0 Å². The van der Waals surface area contributed by atoms with E-state index in [-0.39, 0.29) is 12.1 Å².